The third-order valence-corrected chi connectivity index (χ3v) is 4.62. The second-order valence-electron chi connectivity index (χ2n) is 6.47. The number of hydrogen-bond donors (Lipinski definition) is 1. The second kappa shape index (κ2) is 8.35. The number of alkyl halides is 2. The van der Waals surface area contributed by atoms with Gasteiger partial charge >= 0.3 is 6.55 Å². The molecule has 2 aromatic carbocycles. The van der Waals surface area contributed by atoms with Gasteiger partial charge in [0.15, 0.2) is 0 Å². The minimum atomic E-state index is -2.72. The summed E-state index contributed by atoms with van der Waals surface area (Å²) in [5.74, 6) is 0.657. The predicted molar refractivity (Wildman–Crippen MR) is 104 cm³/mol. The quantitative estimate of drug-likeness (QED) is 0.663. The number of amides is 1. The Balaban J connectivity index is 1.73. The number of para-hydroxylation sites is 2. The van der Waals surface area contributed by atoms with Gasteiger partial charge in [-0.05, 0) is 50.4 Å². The fourth-order valence-corrected chi connectivity index (χ4v) is 3.00. The van der Waals surface area contributed by atoms with Crippen molar-refractivity contribution in [2.45, 2.75) is 19.5 Å². The highest BCUT2D eigenvalue weighted by molar-refractivity contribution is 5.92. The third kappa shape index (κ3) is 4.12. The van der Waals surface area contributed by atoms with Gasteiger partial charge in [-0.25, -0.2) is 4.98 Å². The number of carbonyl (C=O) groups excluding carboxylic acids is 1. The summed E-state index contributed by atoms with van der Waals surface area (Å²) >= 11 is 0. The first-order chi connectivity index (χ1) is 13.4. The van der Waals surface area contributed by atoms with Gasteiger partial charge in [-0.2, -0.15) is 8.78 Å². The zero-order chi connectivity index (χ0) is 20.3. The van der Waals surface area contributed by atoms with Crippen molar-refractivity contribution >= 4 is 22.6 Å². The van der Waals surface area contributed by atoms with E-state index < -0.39 is 12.6 Å². The molecule has 1 heterocycles. The molecule has 1 N–H and O–H groups in total. The van der Waals surface area contributed by atoms with Crippen molar-refractivity contribution < 1.29 is 18.3 Å². The van der Waals surface area contributed by atoms with Crippen LogP contribution >= 0.6 is 0 Å². The molecule has 0 unspecified atom stereocenters. The van der Waals surface area contributed by atoms with Gasteiger partial charge in [-0.3, -0.25) is 14.3 Å². The molecule has 0 aliphatic carbocycles. The predicted octanol–water partition coefficient (Wildman–Crippen LogP) is 4.07. The maximum absolute atomic E-state index is 13.6. The average molecular weight is 388 g/mol. The lowest BCUT2D eigenvalue weighted by atomic mass is 10.2. The summed E-state index contributed by atoms with van der Waals surface area (Å²) in [7, 11) is 3.27. The Bertz CT molecular complexity index is 956. The summed E-state index contributed by atoms with van der Waals surface area (Å²) < 4.78 is 33.3. The van der Waals surface area contributed by atoms with Crippen molar-refractivity contribution in [1.82, 2.24) is 14.5 Å². The van der Waals surface area contributed by atoms with E-state index in [1.165, 1.54) is 0 Å². The van der Waals surface area contributed by atoms with E-state index in [0.717, 1.165) is 4.57 Å². The maximum atomic E-state index is 13.6. The van der Waals surface area contributed by atoms with E-state index in [4.69, 9.17) is 4.74 Å². The zero-order valence-electron chi connectivity index (χ0n) is 15.9. The number of fused-ring (bicyclic) bond motifs is 1. The number of carbonyl (C=O) groups is 1. The monoisotopic (exact) mass is 388 g/mol. The van der Waals surface area contributed by atoms with Crippen molar-refractivity contribution in [3.63, 3.8) is 0 Å². The van der Waals surface area contributed by atoms with Crippen LogP contribution < -0.4 is 10.1 Å². The van der Waals surface area contributed by atoms with Gasteiger partial charge in [0.1, 0.15) is 11.6 Å². The number of halogens is 2. The average Bonchev–Trinajstić information content (AvgIpc) is 3.07. The molecule has 0 radical (unpaired) electrons. The number of imidazole rings is 1. The Morgan fingerprint density at radius 3 is 2.54 bits per heavy atom. The smallest absolute Gasteiger partial charge is 0.320 e. The van der Waals surface area contributed by atoms with Gasteiger partial charge in [0.2, 0.25) is 5.91 Å². The molecule has 1 aromatic heterocycles. The summed E-state index contributed by atoms with van der Waals surface area (Å²) in [6.07, 6.45) is 0. The second-order valence-corrected chi connectivity index (χ2v) is 6.47. The molecule has 0 saturated heterocycles. The van der Waals surface area contributed by atoms with Crippen molar-refractivity contribution in [2.75, 3.05) is 26.0 Å². The number of ether oxygens (including phenoxy) is 1. The van der Waals surface area contributed by atoms with E-state index in [2.05, 4.69) is 10.3 Å². The lowest BCUT2D eigenvalue weighted by Gasteiger charge is -2.24. The molecule has 1 atom stereocenters. The van der Waals surface area contributed by atoms with Crippen LogP contribution in [0.25, 0.3) is 11.0 Å². The molecule has 3 aromatic rings. The summed E-state index contributed by atoms with van der Waals surface area (Å²) in [6, 6.07) is 13.2. The van der Waals surface area contributed by atoms with E-state index in [1.807, 2.05) is 0 Å². The van der Waals surface area contributed by atoms with Crippen LogP contribution in [0.3, 0.4) is 0 Å². The molecule has 0 spiro atoms. The molecule has 6 nitrogen and oxygen atoms in total. The van der Waals surface area contributed by atoms with Gasteiger partial charge in [-0.1, -0.05) is 12.1 Å². The minimum Gasteiger partial charge on any atom is -0.497 e. The van der Waals surface area contributed by atoms with Crippen molar-refractivity contribution in [3.05, 3.63) is 54.4 Å². The largest absolute Gasteiger partial charge is 0.497 e. The SMILES string of the molecule is COc1ccc(NC(=O)CN(C)[C@H](C)c2nc3ccccc3n2C(F)F)cc1. The summed E-state index contributed by atoms with van der Waals surface area (Å²) in [6.45, 7) is -0.938. The molecule has 0 bridgehead atoms. The number of aromatic nitrogens is 2. The summed E-state index contributed by atoms with van der Waals surface area (Å²) in [5.41, 5.74) is 1.50. The van der Waals surface area contributed by atoms with Crippen molar-refractivity contribution in [1.29, 1.82) is 0 Å². The van der Waals surface area contributed by atoms with E-state index in [-0.39, 0.29) is 18.3 Å². The van der Waals surface area contributed by atoms with Crippen LogP contribution in [0.15, 0.2) is 48.5 Å². The zero-order valence-corrected chi connectivity index (χ0v) is 15.9. The summed E-state index contributed by atoms with van der Waals surface area (Å²) in [4.78, 5) is 18.4. The molecule has 3 rings (SSSR count). The van der Waals surface area contributed by atoms with Gasteiger partial charge in [0.25, 0.3) is 0 Å². The van der Waals surface area contributed by atoms with Crippen LogP contribution in [0.1, 0.15) is 25.3 Å². The number of likely N-dealkylation sites (N-methyl/N-ethyl adjacent to an activating group) is 1. The molecule has 148 valence electrons. The van der Waals surface area contributed by atoms with Gasteiger partial charge in [0, 0.05) is 5.69 Å². The third-order valence-electron chi connectivity index (χ3n) is 4.62. The highest BCUT2D eigenvalue weighted by Gasteiger charge is 2.25. The lowest BCUT2D eigenvalue weighted by Crippen LogP contribution is -2.33. The molecular formula is C20H22F2N4O2. The molecule has 0 aliphatic heterocycles. The highest BCUT2D eigenvalue weighted by Crippen LogP contribution is 2.28. The standard InChI is InChI=1S/C20H22F2N4O2/c1-13(19-24-16-6-4-5-7-17(16)26(19)20(21)22)25(2)12-18(27)23-14-8-10-15(28-3)11-9-14/h4-11,13,20H,12H2,1-3H3,(H,23,27)/t13-/m1/s1. The Morgan fingerprint density at radius 1 is 1.21 bits per heavy atom. The molecule has 28 heavy (non-hydrogen) atoms. The topological polar surface area (TPSA) is 59.4 Å². The van der Waals surface area contributed by atoms with Gasteiger partial charge < -0.3 is 10.1 Å². The van der Waals surface area contributed by atoms with Gasteiger partial charge in [0.05, 0.1) is 30.7 Å². The van der Waals surface area contributed by atoms with Crippen LogP contribution in [0, 0.1) is 0 Å². The number of methoxy groups -OCH3 is 1. The molecule has 8 heteroatoms. The number of benzene rings is 2. The van der Waals surface area contributed by atoms with Crippen LogP contribution in [0.2, 0.25) is 0 Å². The van der Waals surface area contributed by atoms with Crippen LogP contribution in [-0.4, -0.2) is 41.1 Å². The number of nitrogens with zero attached hydrogens (tertiary/aromatic N) is 3. The fourth-order valence-electron chi connectivity index (χ4n) is 3.00. The van der Waals surface area contributed by atoms with E-state index >= 15 is 0 Å². The Hall–Kier alpha value is -3.00. The van der Waals surface area contributed by atoms with Crippen molar-refractivity contribution in [2.24, 2.45) is 0 Å². The minimum absolute atomic E-state index is 0.0274. The van der Waals surface area contributed by atoms with Crippen LogP contribution in [0.4, 0.5) is 14.5 Å². The summed E-state index contributed by atoms with van der Waals surface area (Å²) in [5, 5.41) is 2.78. The first kappa shape index (κ1) is 19.8. The van der Waals surface area contributed by atoms with Crippen molar-refractivity contribution in [3.8, 4) is 5.75 Å². The number of nitrogens with one attached hydrogen (secondary N) is 1. The molecule has 0 fully saturated rings. The van der Waals surface area contributed by atoms with E-state index in [1.54, 1.807) is 74.5 Å². The molecular weight excluding hydrogens is 366 g/mol. The first-order valence-corrected chi connectivity index (χ1v) is 8.80. The maximum Gasteiger partial charge on any atom is 0.320 e. The van der Waals surface area contributed by atoms with E-state index in [0.29, 0.717) is 22.5 Å². The molecule has 0 saturated carbocycles. The van der Waals surface area contributed by atoms with Gasteiger partial charge in [-0.15, -0.1) is 0 Å². The normalized spacial score (nSPS) is 12.5. The Kier molecular flexibility index (Phi) is 5.89. The van der Waals surface area contributed by atoms with Crippen LogP contribution in [-0.2, 0) is 4.79 Å². The van der Waals surface area contributed by atoms with Crippen LogP contribution in [0.5, 0.6) is 5.75 Å². The number of anilines is 1. The van der Waals surface area contributed by atoms with E-state index in [9.17, 15) is 13.6 Å². The fraction of sp³-hybridized carbons (Fsp3) is 0.300. The highest BCUT2D eigenvalue weighted by atomic mass is 19.3. The lowest BCUT2D eigenvalue weighted by molar-refractivity contribution is -0.117. The Morgan fingerprint density at radius 2 is 1.89 bits per heavy atom. The Labute approximate surface area is 161 Å². The number of rotatable bonds is 7. The molecule has 0 aliphatic rings. The number of hydrogen-bond acceptors (Lipinski definition) is 4. The first-order valence-electron chi connectivity index (χ1n) is 8.80. The molecule has 1 amide bonds.